The highest BCUT2D eigenvalue weighted by molar-refractivity contribution is 7.92. The van der Waals surface area contributed by atoms with Crippen LogP contribution in [-0.4, -0.2) is 31.3 Å². The summed E-state index contributed by atoms with van der Waals surface area (Å²) in [4.78, 5) is -0.478. The smallest absolute Gasteiger partial charge is 0.501 e. The van der Waals surface area contributed by atoms with Crippen LogP contribution in [0.2, 0.25) is 0 Å². The molecule has 1 heterocycles. The Balaban J connectivity index is 2.63. The maximum Gasteiger partial charge on any atom is 0.501 e. The second-order valence-electron chi connectivity index (χ2n) is 5.29. The number of hydrogen-bond donors (Lipinski definition) is 1. The SMILES string of the molecule is CC1C(Cl)=CC(C(F)(F)F)=CN1c1cc(S(=O)(=O)C(F)(F)F)ccc1O. The number of nitrogens with zero attached hydrogens (tertiary/aromatic N) is 1. The molecule has 12 heteroatoms. The van der Waals surface area contributed by atoms with Crippen molar-refractivity contribution in [1.82, 2.24) is 0 Å². The third-order valence-electron chi connectivity index (χ3n) is 3.56. The Labute approximate surface area is 148 Å². The number of benzene rings is 1. The molecule has 26 heavy (non-hydrogen) atoms. The lowest BCUT2D eigenvalue weighted by Crippen LogP contribution is -2.33. The van der Waals surface area contributed by atoms with E-state index in [1.165, 1.54) is 6.92 Å². The lowest BCUT2D eigenvalue weighted by atomic mass is 10.1. The first-order valence-corrected chi connectivity index (χ1v) is 8.61. The molecular weight excluding hydrogens is 412 g/mol. The second-order valence-corrected chi connectivity index (χ2v) is 7.67. The van der Waals surface area contributed by atoms with Gasteiger partial charge in [-0.05, 0) is 31.2 Å². The molecule has 0 saturated heterocycles. The van der Waals surface area contributed by atoms with Gasteiger partial charge in [0, 0.05) is 11.2 Å². The molecule has 1 aliphatic heterocycles. The number of alkyl halides is 6. The van der Waals surface area contributed by atoms with E-state index in [2.05, 4.69) is 0 Å². The van der Waals surface area contributed by atoms with E-state index >= 15 is 0 Å². The van der Waals surface area contributed by atoms with E-state index in [-0.39, 0.29) is 5.03 Å². The van der Waals surface area contributed by atoms with Crippen molar-refractivity contribution in [2.24, 2.45) is 0 Å². The summed E-state index contributed by atoms with van der Waals surface area (Å²) in [7, 11) is -5.76. The Morgan fingerprint density at radius 1 is 1.15 bits per heavy atom. The minimum Gasteiger partial charge on any atom is -0.506 e. The highest BCUT2D eigenvalue weighted by atomic mass is 35.5. The Morgan fingerprint density at radius 2 is 1.73 bits per heavy atom. The van der Waals surface area contributed by atoms with Gasteiger partial charge in [-0.3, -0.25) is 0 Å². The first-order valence-electron chi connectivity index (χ1n) is 6.75. The first-order chi connectivity index (χ1) is 11.7. The zero-order valence-electron chi connectivity index (χ0n) is 12.7. The molecule has 144 valence electrons. The quantitative estimate of drug-likeness (QED) is 0.716. The number of rotatable bonds is 2. The van der Waals surface area contributed by atoms with Gasteiger partial charge in [0.25, 0.3) is 9.84 Å². The van der Waals surface area contributed by atoms with Gasteiger partial charge in [0.1, 0.15) is 5.75 Å². The van der Waals surface area contributed by atoms with E-state index in [1.54, 1.807) is 0 Å². The molecular formula is C14H10ClF6NO3S. The van der Waals surface area contributed by atoms with Crippen molar-refractivity contribution in [3.63, 3.8) is 0 Å². The van der Waals surface area contributed by atoms with Gasteiger partial charge in [-0.1, -0.05) is 11.6 Å². The van der Waals surface area contributed by atoms with Crippen molar-refractivity contribution >= 4 is 27.1 Å². The Kier molecular flexibility index (Phi) is 5.01. The van der Waals surface area contributed by atoms with E-state index < -0.39 is 49.5 Å². The lowest BCUT2D eigenvalue weighted by Gasteiger charge is -2.32. The van der Waals surface area contributed by atoms with Crippen LogP contribution >= 0.6 is 11.6 Å². The molecule has 0 amide bonds. The molecule has 0 aliphatic carbocycles. The van der Waals surface area contributed by atoms with Crippen molar-refractivity contribution in [1.29, 1.82) is 0 Å². The van der Waals surface area contributed by atoms with Crippen LogP contribution < -0.4 is 4.90 Å². The van der Waals surface area contributed by atoms with Crippen LogP contribution in [0.1, 0.15) is 6.92 Å². The second kappa shape index (κ2) is 6.38. The van der Waals surface area contributed by atoms with Crippen molar-refractivity contribution in [2.45, 2.75) is 29.5 Å². The van der Waals surface area contributed by atoms with Crippen LogP contribution in [0.25, 0.3) is 0 Å². The van der Waals surface area contributed by atoms with E-state index in [0.717, 1.165) is 4.90 Å². The molecule has 1 aromatic carbocycles. The molecule has 0 saturated carbocycles. The molecule has 1 unspecified atom stereocenters. The van der Waals surface area contributed by atoms with Gasteiger partial charge in [0.2, 0.25) is 0 Å². The van der Waals surface area contributed by atoms with Gasteiger partial charge in [-0.2, -0.15) is 26.3 Å². The zero-order chi connectivity index (χ0) is 20.1. The van der Waals surface area contributed by atoms with Crippen molar-refractivity contribution in [3.8, 4) is 5.75 Å². The number of anilines is 1. The van der Waals surface area contributed by atoms with E-state index in [1.807, 2.05) is 0 Å². The Hall–Kier alpha value is -1.88. The number of phenols is 1. The van der Waals surface area contributed by atoms with Gasteiger partial charge >= 0.3 is 11.7 Å². The summed E-state index contributed by atoms with van der Waals surface area (Å²) >= 11 is 5.77. The molecule has 1 atom stereocenters. The fourth-order valence-corrected chi connectivity index (χ4v) is 3.15. The molecule has 0 fully saturated rings. The molecule has 0 radical (unpaired) electrons. The summed E-state index contributed by atoms with van der Waals surface area (Å²) in [6, 6.07) is 0.600. The highest BCUT2D eigenvalue weighted by Gasteiger charge is 2.47. The minimum absolute atomic E-state index is 0.302. The molecule has 0 spiro atoms. The third-order valence-corrected chi connectivity index (χ3v) is 5.46. The number of hydrogen-bond acceptors (Lipinski definition) is 4. The van der Waals surface area contributed by atoms with Gasteiger partial charge in [-0.15, -0.1) is 0 Å². The van der Waals surface area contributed by atoms with Crippen molar-refractivity contribution in [2.75, 3.05) is 4.90 Å². The number of aromatic hydroxyl groups is 1. The zero-order valence-corrected chi connectivity index (χ0v) is 14.3. The van der Waals surface area contributed by atoms with Crippen LogP contribution in [0.5, 0.6) is 5.75 Å². The van der Waals surface area contributed by atoms with Gasteiger partial charge in [0.15, 0.2) is 0 Å². The summed E-state index contributed by atoms with van der Waals surface area (Å²) in [6.45, 7) is 1.33. The molecule has 1 aromatic rings. The number of halogens is 7. The topological polar surface area (TPSA) is 57.6 Å². The Bertz CT molecular complexity index is 889. The number of allylic oxidation sites excluding steroid dienone is 2. The van der Waals surface area contributed by atoms with Crippen molar-refractivity contribution in [3.05, 3.63) is 41.1 Å². The average Bonchev–Trinajstić information content (AvgIpc) is 2.48. The predicted octanol–water partition coefficient (Wildman–Crippen LogP) is 4.46. The third kappa shape index (κ3) is 3.63. The van der Waals surface area contributed by atoms with Crippen molar-refractivity contribution < 1.29 is 39.9 Å². The Morgan fingerprint density at radius 3 is 2.23 bits per heavy atom. The van der Waals surface area contributed by atoms with Crippen LogP contribution in [0.3, 0.4) is 0 Å². The van der Waals surface area contributed by atoms with Gasteiger partial charge in [0.05, 0.1) is 22.2 Å². The van der Waals surface area contributed by atoms with E-state index in [4.69, 9.17) is 11.6 Å². The molecule has 4 nitrogen and oxygen atoms in total. The van der Waals surface area contributed by atoms with E-state index in [0.29, 0.717) is 30.5 Å². The molecule has 0 aromatic heterocycles. The van der Waals surface area contributed by atoms with Crippen LogP contribution in [0.15, 0.2) is 46.0 Å². The number of phenolic OH excluding ortho intramolecular Hbond substituents is 1. The average molecular weight is 422 g/mol. The van der Waals surface area contributed by atoms with Crippen LogP contribution in [0, 0.1) is 0 Å². The fourth-order valence-electron chi connectivity index (χ4n) is 2.14. The standard InChI is InChI=1S/C14H10ClF6NO3S/c1-7-10(15)4-8(13(16,17)18)6-22(7)11-5-9(2-3-12(11)23)26(24,25)14(19,20)21/h2-7,23H,1H3. The predicted molar refractivity (Wildman–Crippen MR) is 81.4 cm³/mol. The maximum absolute atomic E-state index is 13.0. The summed E-state index contributed by atoms with van der Waals surface area (Å²) in [5.41, 5.74) is -7.40. The summed E-state index contributed by atoms with van der Waals surface area (Å²) in [5, 5.41) is 9.56. The molecule has 1 aliphatic rings. The van der Waals surface area contributed by atoms with Gasteiger partial charge in [-0.25, -0.2) is 8.42 Å². The molecule has 0 bridgehead atoms. The summed E-state index contributed by atoms with van der Waals surface area (Å²) < 4.78 is 100.0. The first kappa shape index (κ1) is 20.4. The van der Waals surface area contributed by atoms with E-state index in [9.17, 15) is 39.9 Å². The summed E-state index contributed by atoms with van der Waals surface area (Å²) in [5.74, 6) is -0.720. The minimum atomic E-state index is -5.76. The monoisotopic (exact) mass is 421 g/mol. The summed E-state index contributed by atoms with van der Waals surface area (Å²) in [6.07, 6.45) is -3.66. The van der Waals surface area contributed by atoms with Gasteiger partial charge < -0.3 is 10.0 Å². The normalized spacial score (nSPS) is 19.2. The highest BCUT2D eigenvalue weighted by Crippen LogP contribution is 2.41. The fraction of sp³-hybridized carbons (Fsp3) is 0.286. The molecule has 1 N–H and O–H groups in total. The molecule has 2 rings (SSSR count). The maximum atomic E-state index is 13.0. The van der Waals surface area contributed by atoms with Crippen LogP contribution in [-0.2, 0) is 9.84 Å². The number of sulfone groups is 1. The van der Waals surface area contributed by atoms with Crippen LogP contribution in [0.4, 0.5) is 32.0 Å². The largest absolute Gasteiger partial charge is 0.506 e. The lowest BCUT2D eigenvalue weighted by molar-refractivity contribution is -0.0886.